The summed E-state index contributed by atoms with van der Waals surface area (Å²) in [5, 5.41) is 9.43. The van der Waals surface area contributed by atoms with Gasteiger partial charge in [0, 0.05) is 5.92 Å². The Morgan fingerprint density at radius 3 is 2.32 bits per heavy atom. The van der Waals surface area contributed by atoms with Gasteiger partial charge in [0.1, 0.15) is 6.61 Å². The topological polar surface area (TPSA) is 37.3 Å². The van der Waals surface area contributed by atoms with E-state index in [1.54, 1.807) is 0 Å². The van der Waals surface area contributed by atoms with Gasteiger partial charge >= 0.3 is 0 Å². The number of fused-ring (bicyclic) bond motifs is 5. The van der Waals surface area contributed by atoms with Crippen LogP contribution in [0.4, 0.5) is 0 Å². The van der Waals surface area contributed by atoms with Crippen LogP contribution in [0.5, 0.6) is 0 Å². The molecule has 0 radical (unpaired) electrons. The van der Waals surface area contributed by atoms with Gasteiger partial charge in [0.2, 0.25) is 0 Å². The highest BCUT2D eigenvalue weighted by molar-refractivity contribution is 5.83. The largest absolute Gasteiger partial charge is 0.389 e. The Hall–Kier alpha value is -0.370. The fraction of sp³-hybridized carbons (Fsp3) is 0.957. The van der Waals surface area contributed by atoms with Crippen LogP contribution in [-0.4, -0.2) is 17.5 Å². The van der Waals surface area contributed by atoms with E-state index in [4.69, 9.17) is 0 Å². The first-order valence-corrected chi connectivity index (χ1v) is 10.8. The molecule has 0 bridgehead atoms. The van der Waals surface area contributed by atoms with Crippen molar-refractivity contribution in [3.8, 4) is 0 Å². The summed E-state index contributed by atoms with van der Waals surface area (Å²) in [5.41, 5.74) is 1.24. The van der Waals surface area contributed by atoms with Crippen molar-refractivity contribution in [2.24, 2.45) is 45.8 Å². The quantitative estimate of drug-likeness (QED) is 0.743. The minimum atomic E-state index is -0.254. The third-order valence-corrected chi connectivity index (χ3v) is 9.75. The molecule has 4 saturated carbocycles. The van der Waals surface area contributed by atoms with Crippen molar-refractivity contribution in [1.29, 1.82) is 0 Å². The van der Waals surface area contributed by atoms with Crippen molar-refractivity contribution in [1.82, 2.24) is 0 Å². The van der Waals surface area contributed by atoms with Crippen molar-refractivity contribution in [3.05, 3.63) is 0 Å². The minimum Gasteiger partial charge on any atom is -0.389 e. The Labute approximate surface area is 154 Å². The fourth-order valence-corrected chi connectivity index (χ4v) is 8.28. The van der Waals surface area contributed by atoms with E-state index in [9.17, 15) is 9.90 Å². The van der Waals surface area contributed by atoms with Crippen molar-refractivity contribution in [2.75, 3.05) is 6.61 Å². The van der Waals surface area contributed by atoms with E-state index in [1.807, 2.05) is 0 Å². The maximum atomic E-state index is 12.3. The number of aliphatic hydroxyl groups excluding tert-OH is 1. The molecule has 1 N–H and O–H groups in total. The van der Waals surface area contributed by atoms with E-state index in [0.29, 0.717) is 10.8 Å². The Kier molecular flexibility index (Phi) is 4.19. The fourth-order valence-electron chi connectivity index (χ4n) is 8.28. The maximum absolute atomic E-state index is 12.3. The predicted octanol–water partition coefficient (Wildman–Crippen LogP) is 5.23. The molecule has 4 rings (SSSR count). The monoisotopic (exact) mass is 346 g/mol. The smallest absolute Gasteiger partial charge is 0.161 e. The van der Waals surface area contributed by atoms with Gasteiger partial charge in [-0.3, -0.25) is 4.79 Å². The number of aliphatic hydroxyl groups is 1. The van der Waals surface area contributed by atoms with E-state index in [-0.39, 0.29) is 23.7 Å². The van der Waals surface area contributed by atoms with E-state index >= 15 is 0 Å². The summed E-state index contributed by atoms with van der Waals surface area (Å²) >= 11 is 0. The molecule has 142 valence electrons. The molecule has 4 fully saturated rings. The van der Waals surface area contributed by atoms with Crippen LogP contribution in [-0.2, 0) is 4.79 Å². The van der Waals surface area contributed by atoms with Crippen LogP contribution in [0.3, 0.4) is 0 Å². The maximum Gasteiger partial charge on any atom is 0.161 e. The van der Waals surface area contributed by atoms with Gasteiger partial charge in [-0.2, -0.15) is 0 Å². The molecule has 4 aliphatic rings. The molecule has 0 saturated heterocycles. The summed E-state index contributed by atoms with van der Waals surface area (Å²) in [6.07, 6.45) is 11.8. The Balaban J connectivity index is 1.59. The average Bonchev–Trinajstić information content (AvgIpc) is 2.92. The van der Waals surface area contributed by atoms with Gasteiger partial charge in [-0.1, -0.05) is 27.7 Å². The molecule has 4 aliphatic carbocycles. The molecule has 0 aliphatic heterocycles. The number of carbonyl (C=O) groups excluding carboxylic acids is 1. The zero-order valence-electron chi connectivity index (χ0n) is 16.8. The van der Waals surface area contributed by atoms with Gasteiger partial charge in [0.15, 0.2) is 5.78 Å². The highest BCUT2D eigenvalue weighted by Crippen LogP contribution is 2.68. The molecule has 25 heavy (non-hydrogen) atoms. The number of hydrogen-bond acceptors (Lipinski definition) is 2. The van der Waals surface area contributed by atoms with E-state index in [1.165, 1.54) is 51.4 Å². The van der Waals surface area contributed by atoms with Crippen LogP contribution in [0.2, 0.25) is 0 Å². The molecule has 0 spiro atoms. The normalized spacial score (nSPS) is 51.3. The molecule has 2 heteroatoms. The lowest BCUT2D eigenvalue weighted by atomic mass is 9.43. The third-order valence-electron chi connectivity index (χ3n) is 9.75. The summed E-state index contributed by atoms with van der Waals surface area (Å²) < 4.78 is 0. The second kappa shape index (κ2) is 5.81. The molecule has 0 amide bonds. The Morgan fingerprint density at radius 2 is 1.60 bits per heavy atom. The summed E-state index contributed by atoms with van der Waals surface area (Å²) in [5.74, 6) is 3.58. The molecule has 0 heterocycles. The van der Waals surface area contributed by atoms with Crippen LogP contribution in [0.15, 0.2) is 0 Å². The molecule has 0 aromatic rings. The Morgan fingerprint density at radius 1 is 0.880 bits per heavy atom. The van der Waals surface area contributed by atoms with Crippen molar-refractivity contribution >= 4 is 5.78 Å². The zero-order valence-corrected chi connectivity index (χ0v) is 16.8. The molecule has 7 atom stereocenters. The standard InChI is InChI=1S/C23H38O2/c1-21(2)11-12-22(3)15(13-21)5-6-16-17-7-8-19(20(25)14-24)23(17,4)10-9-18(16)22/h15-19,24H,5-14H2,1-4H3/t15?,16-,17-,18?,19+,22-,23-/m0/s1. The zero-order chi connectivity index (χ0) is 18.0. The number of carbonyl (C=O) groups is 1. The molecule has 0 aromatic heterocycles. The number of Topliss-reactive ketones (excluding diaryl/α,β-unsaturated/α-hetero) is 1. The van der Waals surface area contributed by atoms with E-state index in [0.717, 1.165) is 30.1 Å². The SMILES string of the molecule is CC1(C)CC[C@@]2(C)C(CC[C@@H]3C2CC[C@]2(C)[C@@H](C(=O)CO)CC[C@@H]32)C1. The van der Waals surface area contributed by atoms with Crippen LogP contribution in [0.1, 0.15) is 85.5 Å². The molecular formula is C23H38O2. The molecule has 0 aromatic carbocycles. The third kappa shape index (κ3) is 2.57. The lowest BCUT2D eigenvalue weighted by molar-refractivity contribution is -0.141. The Bertz CT molecular complexity index is 552. The number of rotatable bonds is 2. The van der Waals surface area contributed by atoms with Gasteiger partial charge in [-0.15, -0.1) is 0 Å². The second-order valence-corrected chi connectivity index (χ2v) is 11.3. The summed E-state index contributed by atoms with van der Waals surface area (Å²) in [7, 11) is 0. The van der Waals surface area contributed by atoms with Crippen LogP contribution in [0.25, 0.3) is 0 Å². The summed E-state index contributed by atoms with van der Waals surface area (Å²) in [6, 6.07) is 0. The van der Waals surface area contributed by atoms with E-state index < -0.39 is 0 Å². The molecular weight excluding hydrogens is 308 g/mol. The minimum absolute atomic E-state index is 0.114. The van der Waals surface area contributed by atoms with Crippen LogP contribution in [0, 0.1) is 45.8 Å². The van der Waals surface area contributed by atoms with Crippen molar-refractivity contribution in [3.63, 3.8) is 0 Å². The summed E-state index contributed by atoms with van der Waals surface area (Å²) in [4.78, 5) is 12.3. The van der Waals surface area contributed by atoms with Crippen molar-refractivity contribution in [2.45, 2.75) is 85.5 Å². The van der Waals surface area contributed by atoms with Crippen molar-refractivity contribution < 1.29 is 9.90 Å². The van der Waals surface area contributed by atoms with Gasteiger partial charge < -0.3 is 5.11 Å². The predicted molar refractivity (Wildman–Crippen MR) is 101 cm³/mol. The highest BCUT2D eigenvalue weighted by atomic mass is 16.3. The van der Waals surface area contributed by atoms with E-state index in [2.05, 4.69) is 27.7 Å². The first-order valence-electron chi connectivity index (χ1n) is 10.8. The second-order valence-electron chi connectivity index (χ2n) is 11.3. The lowest BCUT2D eigenvalue weighted by Gasteiger charge is -2.62. The van der Waals surface area contributed by atoms with Gasteiger partial charge in [-0.25, -0.2) is 0 Å². The first-order chi connectivity index (χ1) is 11.7. The first kappa shape index (κ1) is 18.0. The average molecular weight is 347 g/mol. The van der Waals surface area contributed by atoms with Crippen LogP contribution >= 0.6 is 0 Å². The highest BCUT2D eigenvalue weighted by Gasteiger charge is 2.61. The van der Waals surface area contributed by atoms with Gasteiger partial charge in [-0.05, 0) is 97.7 Å². The molecule has 2 unspecified atom stereocenters. The summed E-state index contributed by atoms with van der Waals surface area (Å²) in [6.45, 7) is 9.70. The van der Waals surface area contributed by atoms with Crippen LogP contribution < -0.4 is 0 Å². The number of hydrogen-bond donors (Lipinski definition) is 1. The van der Waals surface area contributed by atoms with Gasteiger partial charge in [0.25, 0.3) is 0 Å². The molecule has 2 nitrogen and oxygen atoms in total. The van der Waals surface area contributed by atoms with Gasteiger partial charge in [0.05, 0.1) is 0 Å². The lowest BCUT2D eigenvalue weighted by Crippen LogP contribution is -2.54. The number of ketones is 1.